The molecule has 1 saturated heterocycles. The number of benzene rings is 1. The molecule has 6 nitrogen and oxygen atoms in total. The molecule has 2 heterocycles. The first-order chi connectivity index (χ1) is 11.6. The number of thiazole rings is 1. The first-order valence-corrected chi connectivity index (χ1v) is 8.74. The van der Waals surface area contributed by atoms with Crippen LogP contribution in [0, 0.1) is 6.92 Å². The summed E-state index contributed by atoms with van der Waals surface area (Å²) in [6.45, 7) is 3.38. The van der Waals surface area contributed by atoms with Gasteiger partial charge in [0.15, 0.2) is 0 Å². The van der Waals surface area contributed by atoms with Crippen LogP contribution in [0.4, 0.5) is 5.69 Å². The van der Waals surface area contributed by atoms with Crippen LogP contribution >= 0.6 is 11.3 Å². The second-order valence-corrected chi connectivity index (χ2v) is 6.96. The number of hydrogen-bond donors (Lipinski definition) is 3. The Morgan fingerprint density at radius 3 is 2.67 bits per heavy atom. The molecule has 0 bridgehead atoms. The Morgan fingerprint density at radius 2 is 2.12 bits per heavy atom. The average Bonchev–Trinajstić information content (AvgIpc) is 2.97. The van der Waals surface area contributed by atoms with Gasteiger partial charge in [-0.2, -0.15) is 0 Å². The summed E-state index contributed by atoms with van der Waals surface area (Å²) in [5, 5.41) is 18.7. The van der Waals surface area contributed by atoms with Crippen molar-refractivity contribution in [1.82, 2.24) is 10.3 Å². The van der Waals surface area contributed by atoms with Gasteiger partial charge in [0, 0.05) is 35.3 Å². The van der Waals surface area contributed by atoms with Crippen LogP contribution in [0.3, 0.4) is 0 Å². The minimum Gasteiger partial charge on any atom is -0.394 e. The average molecular weight is 347 g/mol. The van der Waals surface area contributed by atoms with Crippen LogP contribution in [0.1, 0.15) is 21.1 Å². The Kier molecular flexibility index (Phi) is 5.13. The summed E-state index contributed by atoms with van der Waals surface area (Å²) in [6.07, 6.45) is 0.875. The van der Waals surface area contributed by atoms with Gasteiger partial charge in [0.1, 0.15) is 5.54 Å². The fraction of sp³-hybridized carbons (Fsp3) is 0.412. The normalized spacial score (nSPS) is 15.6. The van der Waals surface area contributed by atoms with E-state index in [4.69, 9.17) is 4.74 Å². The van der Waals surface area contributed by atoms with Gasteiger partial charge >= 0.3 is 0 Å². The number of rotatable bonds is 7. The molecule has 0 aliphatic carbocycles. The molecule has 1 amide bonds. The predicted molar refractivity (Wildman–Crippen MR) is 93.6 cm³/mol. The number of nitrogens with one attached hydrogen (secondary N) is 2. The lowest BCUT2D eigenvalue weighted by atomic mass is 9.98. The quantitative estimate of drug-likeness (QED) is 0.709. The zero-order chi connectivity index (χ0) is 17.0. The van der Waals surface area contributed by atoms with Gasteiger partial charge < -0.3 is 20.5 Å². The first-order valence-electron chi connectivity index (χ1n) is 7.86. The minimum absolute atomic E-state index is 0.116. The van der Waals surface area contributed by atoms with Crippen LogP contribution in [-0.4, -0.2) is 47.9 Å². The van der Waals surface area contributed by atoms with Crippen molar-refractivity contribution < 1.29 is 14.6 Å². The van der Waals surface area contributed by atoms with Gasteiger partial charge in [-0.05, 0) is 31.2 Å². The molecule has 0 atom stereocenters. The van der Waals surface area contributed by atoms with Crippen molar-refractivity contribution in [2.24, 2.45) is 0 Å². The SMILES string of the molecule is Cc1csc(CCNc2ccc(C(=O)NC3(CO)COC3)cc2)n1. The molecule has 1 aliphatic heterocycles. The highest BCUT2D eigenvalue weighted by atomic mass is 32.1. The Labute approximate surface area is 144 Å². The second-order valence-electron chi connectivity index (χ2n) is 6.02. The van der Waals surface area contributed by atoms with E-state index < -0.39 is 5.54 Å². The summed E-state index contributed by atoms with van der Waals surface area (Å²) in [4.78, 5) is 16.6. The molecule has 1 fully saturated rings. The summed E-state index contributed by atoms with van der Waals surface area (Å²) >= 11 is 1.67. The molecule has 0 radical (unpaired) electrons. The Morgan fingerprint density at radius 1 is 1.38 bits per heavy atom. The molecule has 0 unspecified atom stereocenters. The molecular formula is C17H21N3O3S. The number of anilines is 1. The zero-order valence-corrected chi connectivity index (χ0v) is 14.4. The van der Waals surface area contributed by atoms with Gasteiger partial charge in [-0.3, -0.25) is 4.79 Å². The number of aliphatic hydroxyl groups is 1. The number of aromatic nitrogens is 1. The lowest BCUT2D eigenvalue weighted by Gasteiger charge is -2.40. The monoisotopic (exact) mass is 347 g/mol. The van der Waals surface area contributed by atoms with Crippen molar-refractivity contribution in [3.8, 4) is 0 Å². The van der Waals surface area contributed by atoms with Crippen molar-refractivity contribution in [3.63, 3.8) is 0 Å². The van der Waals surface area contributed by atoms with E-state index in [-0.39, 0.29) is 12.5 Å². The van der Waals surface area contributed by atoms with E-state index in [2.05, 4.69) is 21.0 Å². The van der Waals surface area contributed by atoms with E-state index in [1.165, 1.54) is 0 Å². The minimum atomic E-state index is -0.625. The van der Waals surface area contributed by atoms with Gasteiger partial charge in [0.05, 0.1) is 24.8 Å². The first kappa shape index (κ1) is 16.9. The number of nitrogens with zero attached hydrogens (tertiary/aromatic N) is 1. The number of carbonyl (C=O) groups is 1. The highest BCUT2D eigenvalue weighted by molar-refractivity contribution is 7.09. The molecule has 1 aromatic heterocycles. The van der Waals surface area contributed by atoms with Gasteiger partial charge in [-0.1, -0.05) is 0 Å². The Balaban J connectivity index is 1.50. The lowest BCUT2D eigenvalue weighted by Crippen LogP contribution is -2.64. The highest BCUT2D eigenvalue weighted by Gasteiger charge is 2.39. The smallest absolute Gasteiger partial charge is 0.251 e. The van der Waals surface area contributed by atoms with Crippen LogP contribution in [-0.2, 0) is 11.2 Å². The molecule has 0 saturated carbocycles. The zero-order valence-electron chi connectivity index (χ0n) is 13.5. The van der Waals surface area contributed by atoms with Crippen LogP contribution in [0.25, 0.3) is 0 Å². The van der Waals surface area contributed by atoms with Crippen molar-refractivity contribution in [2.45, 2.75) is 18.9 Å². The number of ether oxygens (including phenoxy) is 1. The van der Waals surface area contributed by atoms with E-state index in [1.54, 1.807) is 23.5 Å². The standard InChI is InChI=1S/C17H21N3O3S/c1-12-8-24-15(19-12)6-7-18-14-4-2-13(3-5-14)16(22)20-17(9-21)10-23-11-17/h2-5,8,18,21H,6-7,9-11H2,1H3,(H,20,22). The van der Waals surface area contributed by atoms with E-state index in [0.29, 0.717) is 18.8 Å². The summed E-state index contributed by atoms with van der Waals surface area (Å²) in [5.41, 5.74) is 1.96. The molecule has 3 N–H and O–H groups in total. The maximum absolute atomic E-state index is 12.2. The maximum Gasteiger partial charge on any atom is 0.251 e. The molecule has 24 heavy (non-hydrogen) atoms. The lowest BCUT2D eigenvalue weighted by molar-refractivity contribution is -0.0919. The molecule has 7 heteroatoms. The molecular weight excluding hydrogens is 326 g/mol. The summed E-state index contributed by atoms with van der Waals surface area (Å²) < 4.78 is 5.08. The van der Waals surface area contributed by atoms with Crippen molar-refractivity contribution in [3.05, 3.63) is 45.9 Å². The van der Waals surface area contributed by atoms with Crippen LogP contribution < -0.4 is 10.6 Å². The van der Waals surface area contributed by atoms with E-state index in [1.807, 2.05) is 19.1 Å². The third-order valence-corrected chi connectivity index (χ3v) is 4.95. The molecule has 1 aromatic carbocycles. The maximum atomic E-state index is 12.2. The molecule has 3 rings (SSSR count). The van der Waals surface area contributed by atoms with Crippen LogP contribution in [0.2, 0.25) is 0 Å². The molecule has 1 aliphatic rings. The van der Waals surface area contributed by atoms with Crippen LogP contribution in [0.5, 0.6) is 0 Å². The largest absolute Gasteiger partial charge is 0.394 e. The second kappa shape index (κ2) is 7.29. The van der Waals surface area contributed by atoms with Crippen LogP contribution in [0.15, 0.2) is 29.6 Å². The third-order valence-electron chi connectivity index (χ3n) is 3.92. The summed E-state index contributed by atoms with van der Waals surface area (Å²) in [5.74, 6) is -0.197. The number of amides is 1. The molecule has 0 spiro atoms. The molecule has 2 aromatic rings. The van der Waals surface area contributed by atoms with Crippen molar-refractivity contribution in [2.75, 3.05) is 31.7 Å². The Hall–Kier alpha value is -1.96. The number of carbonyl (C=O) groups excluding carboxylic acids is 1. The van der Waals surface area contributed by atoms with Gasteiger partial charge in [-0.15, -0.1) is 11.3 Å². The number of aliphatic hydroxyl groups excluding tert-OH is 1. The van der Waals surface area contributed by atoms with Crippen molar-refractivity contribution in [1.29, 1.82) is 0 Å². The number of aryl methyl sites for hydroxylation is 1. The topological polar surface area (TPSA) is 83.5 Å². The summed E-state index contributed by atoms with van der Waals surface area (Å²) in [6, 6.07) is 7.31. The van der Waals surface area contributed by atoms with Gasteiger partial charge in [0.25, 0.3) is 5.91 Å². The fourth-order valence-corrected chi connectivity index (χ4v) is 3.21. The van der Waals surface area contributed by atoms with Gasteiger partial charge in [-0.25, -0.2) is 4.98 Å². The predicted octanol–water partition coefficient (Wildman–Crippen LogP) is 1.60. The summed E-state index contributed by atoms with van der Waals surface area (Å²) in [7, 11) is 0. The van der Waals surface area contributed by atoms with E-state index >= 15 is 0 Å². The fourth-order valence-electron chi connectivity index (χ4n) is 2.44. The van der Waals surface area contributed by atoms with Crippen molar-refractivity contribution >= 4 is 22.9 Å². The third kappa shape index (κ3) is 3.92. The van der Waals surface area contributed by atoms with Gasteiger partial charge in [0.2, 0.25) is 0 Å². The Bertz CT molecular complexity index is 690. The van der Waals surface area contributed by atoms with E-state index in [9.17, 15) is 9.90 Å². The molecule has 128 valence electrons. The van der Waals surface area contributed by atoms with E-state index in [0.717, 1.165) is 29.4 Å². The highest BCUT2D eigenvalue weighted by Crippen LogP contribution is 2.18. The number of hydrogen-bond acceptors (Lipinski definition) is 6.